The van der Waals surface area contributed by atoms with Crippen LogP contribution in [-0.4, -0.2) is 37.4 Å². The molecule has 0 aromatic heterocycles. The third kappa shape index (κ3) is 2140. The van der Waals surface area contributed by atoms with Gasteiger partial charge in [-0.3, -0.25) is 19.2 Å². The second-order valence-electron chi connectivity index (χ2n) is 0.711. The van der Waals surface area contributed by atoms with Crippen LogP contribution in [0.1, 0.15) is 0 Å². The van der Waals surface area contributed by atoms with Gasteiger partial charge in [-0.2, -0.15) is 19.2 Å². The minimum Gasteiger partial charge on any atom is -0.295 e. The van der Waals surface area contributed by atoms with Crippen LogP contribution in [-0.2, 0) is 38.4 Å². The van der Waals surface area contributed by atoms with Crippen LogP contribution < -0.4 is 0 Å². The predicted octanol–water partition coefficient (Wildman–Crippen LogP) is -2.40. The first-order valence-electron chi connectivity index (χ1n) is 2.43. The van der Waals surface area contributed by atoms with E-state index in [0.717, 1.165) is 0 Å². The lowest BCUT2D eigenvalue weighted by Crippen LogP contribution is -1.62. The summed E-state index contributed by atoms with van der Waals surface area (Å²) in [5, 5.41) is 0. The molecule has 76 valence electrons. The molecule has 0 aliphatic rings. The van der Waals surface area contributed by atoms with Crippen molar-refractivity contribution >= 4 is 37.4 Å². The fraction of sp³-hybridized carbons (Fsp3) is 0. The van der Waals surface area contributed by atoms with Crippen LogP contribution in [0.2, 0.25) is 0 Å². The van der Waals surface area contributed by atoms with E-state index in [1.165, 1.54) is 0 Å². The van der Waals surface area contributed by atoms with E-state index in [9.17, 15) is 0 Å². The summed E-state index contributed by atoms with van der Waals surface area (Å²) in [5.41, 5.74) is 0. The van der Waals surface area contributed by atoms with E-state index in [-0.39, 0.29) is 37.4 Å². The monoisotopic (exact) mass is 204 g/mol. The molecule has 0 amide bonds. The highest BCUT2D eigenvalue weighted by molar-refractivity contribution is 6.09. The third-order valence-corrected chi connectivity index (χ3v) is 0.111. The van der Waals surface area contributed by atoms with Crippen molar-refractivity contribution in [3.05, 3.63) is 0 Å². The van der Waals surface area contributed by atoms with Gasteiger partial charge in [-0.25, -0.2) is 0 Å². The van der Waals surface area contributed by atoms with E-state index in [2.05, 4.69) is 0 Å². The third-order valence-electron chi connectivity index (χ3n) is 0.111. The number of carbonyl (C=O) groups excluding carboxylic acids is 8. The molecule has 8 heteroatoms. The average molecular weight is 204 g/mol. The summed E-state index contributed by atoms with van der Waals surface area (Å²) in [6.07, 6.45) is 1.28. The topological polar surface area (TPSA) is 137 Å². The van der Waals surface area contributed by atoms with Gasteiger partial charge in [0.05, 0.1) is 0 Å². The second kappa shape index (κ2) is 78.6. The largest absolute Gasteiger partial charge is 0.373 e. The number of hydrogen-bond donors (Lipinski definition) is 0. The van der Waals surface area contributed by atoms with Crippen molar-refractivity contribution in [2.45, 2.75) is 0 Å². The van der Waals surface area contributed by atoms with Crippen molar-refractivity contribution in [2.24, 2.45) is 0 Å². The van der Waals surface area contributed by atoms with Gasteiger partial charge in [0.25, 0.3) is 0 Å². The Morgan fingerprint density at radius 1 is 0.500 bits per heavy atom. The van der Waals surface area contributed by atoms with E-state index in [1.807, 2.05) is 0 Å². The molecule has 0 saturated carbocycles. The molecule has 0 aliphatic heterocycles. The molecule has 0 saturated heterocycles. The van der Waals surface area contributed by atoms with Gasteiger partial charge in [0.15, 0.2) is 25.1 Å². The summed E-state index contributed by atoms with van der Waals surface area (Å²) < 4.78 is 0. The lowest BCUT2D eigenvalue weighted by molar-refractivity contribution is -0.193. The first kappa shape index (κ1) is 22.5. The molecule has 0 atom stereocenters. The Balaban J connectivity index is -0.0000000482. The van der Waals surface area contributed by atoms with E-state index >= 15 is 0 Å². The van der Waals surface area contributed by atoms with Crippen LogP contribution in [0.3, 0.4) is 0 Å². The van der Waals surface area contributed by atoms with Crippen LogP contribution in [0.4, 0.5) is 0 Å². The van der Waals surface area contributed by atoms with Gasteiger partial charge >= 0.3 is 12.3 Å². The van der Waals surface area contributed by atoms with Crippen LogP contribution in [0, 0.1) is 0 Å². The highest BCUT2D eigenvalue weighted by atomic mass is 16.2. The summed E-state index contributed by atoms with van der Waals surface area (Å²) in [4.78, 5) is 67.7. The molecule has 8 nitrogen and oxygen atoms in total. The zero-order valence-corrected chi connectivity index (χ0v) is 6.58. The van der Waals surface area contributed by atoms with Crippen molar-refractivity contribution in [2.75, 3.05) is 0 Å². The first-order valence-corrected chi connectivity index (χ1v) is 2.43. The Morgan fingerprint density at radius 2 is 0.571 bits per heavy atom. The molecule has 0 rings (SSSR count). The van der Waals surface area contributed by atoms with Gasteiger partial charge < -0.3 is 0 Å². The summed E-state index contributed by atoms with van der Waals surface area (Å²) in [6.45, 7) is 0. The minimum absolute atomic E-state index is 0.194. The molecule has 0 aromatic rings. The molecule has 0 fully saturated rings. The fourth-order valence-electron chi connectivity index (χ4n) is 0. The first-order chi connectivity index (χ1) is 6.66. The van der Waals surface area contributed by atoms with Crippen molar-refractivity contribution in [1.29, 1.82) is 0 Å². The normalized spacial score (nSPS) is 4.00. The molecule has 0 N–H and O–H groups in total. The zero-order chi connectivity index (χ0) is 12.2. The Labute approximate surface area is 76.9 Å². The number of aldehydes is 4. The minimum atomic E-state index is 0.194. The SMILES string of the molecule is O=C=O.O=C=O.O=CC=O.O=CC=O. The predicted molar refractivity (Wildman–Crippen MR) is 34.3 cm³/mol. The van der Waals surface area contributed by atoms with Gasteiger partial charge in [0.2, 0.25) is 0 Å². The lowest BCUT2D eigenvalue weighted by Gasteiger charge is -1.31. The molecule has 0 aromatic carbocycles. The smallest absolute Gasteiger partial charge is 0.295 e. The van der Waals surface area contributed by atoms with E-state index < -0.39 is 0 Å². The molecule has 14 heavy (non-hydrogen) atoms. The molecule has 0 spiro atoms. The zero-order valence-electron chi connectivity index (χ0n) is 6.58. The molecule has 0 bridgehead atoms. The van der Waals surface area contributed by atoms with Gasteiger partial charge in [0, 0.05) is 0 Å². The van der Waals surface area contributed by atoms with Crippen LogP contribution in [0.25, 0.3) is 0 Å². The van der Waals surface area contributed by atoms with Crippen molar-refractivity contribution in [3.63, 3.8) is 0 Å². The Bertz CT molecular complexity index is 170. The number of hydrogen-bond acceptors (Lipinski definition) is 8. The van der Waals surface area contributed by atoms with Crippen molar-refractivity contribution in [1.82, 2.24) is 0 Å². The van der Waals surface area contributed by atoms with E-state index in [0.29, 0.717) is 0 Å². The molecular formula is C6H4O8. The van der Waals surface area contributed by atoms with Crippen molar-refractivity contribution in [3.8, 4) is 0 Å². The Kier molecular flexibility index (Phi) is 126. The molecular weight excluding hydrogens is 200 g/mol. The Hall–Kier alpha value is -2.56. The van der Waals surface area contributed by atoms with Gasteiger partial charge in [-0.1, -0.05) is 0 Å². The summed E-state index contributed by atoms with van der Waals surface area (Å²) in [5.74, 6) is 0. The molecule has 0 radical (unpaired) electrons. The summed E-state index contributed by atoms with van der Waals surface area (Å²) in [7, 11) is 0. The number of carbonyl (C=O) groups is 4. The fourth-order valence-corrected chi connectivity index (χ4v) is 0. The maximum absolute atomic E-state index is 8.81. The van der Waals surface area contributed by atoms with Crippen molar-refractivity contribution < 1.29 is 38.4 Å². The lowest BCUT2D eigenvalue weighted by atomic mass is 10.9. The van der Waals surface area contributed by atoms with E-state index in [4.69, 9.17) is 38.4 Å². The standard InChI is InChI=1S/2C2H2O2.2CO2/c2*3-1-2-4;2*2-1-3/h2*1-2H;;. The van der Waals surface area contributed by atoms with E-state index in [1.54, 1.807) is 0 Å². The highest BCUT2D eigenvalue weighted by Crippen LogP contribution is 1.12. The van der Waals surface area contributed by atoms with Crippen LogP contribution in [0.15, 0.2) is 0 Å². The maximum atomic E-state index is 8.81. The van der Waals surface area contributed by atoms with Crippen LogP contribution in [0.5, 0.6) is 0 Å². The Morgan fingerprint density at radius 3 is 0.571 bits per heavy atom. The number of rotatable bonds is 2. The van der Waals surface area contributed by atoms with Gasteiger partial charge in [0.1, 0.15) is 0 Å². The maximum Gasteiger partial charge on any atom is 0.373 e. The summed E-state index contributed by atoms with van der Waals surface area (Å²) in [6, 6.07) is 0. The molecule has 0 aliphatic carbocycles. The van der Waals surface area contributed by atoms with Gasteiger partial charge in [-0.05, 0) is 0 Å². The van der Waals surface area contributed by atoms with Crippen LogP contribution >= 0.6 is 0 Å². The summed E-state index contributed by atoms with van der Waals surface area (Å²) >= 11 is 0. The average Bonchev–Trinajstić information content (AvgIpc) is 2.20. The second-order valence-corrected chi connectivity index (χ2v) is 0.711. The molecule has 0 heterocycles. The molecule has 0 unspecified atom stereocenters. The quantitative estimate of drug-likeness (QED) is 0.358. The van der Waals surface area contributed by atoms with Gasteiger partial charge in [-0.15, -0.1) is 0 Å². The highest BCUT2D eigenvalue weighted by Gasteiger charge is 1.47.